The van der Waals surface area contributed by atoms with Crippen molar-refractivity contribution in [3.05, 3.63) is 29.3 Å². The van der Waals surface area contributed by atoms with Gasteiger partial charge in [0, 0.05) is 19.3 Å². The molecule has 1 saturated heterocycles. The number of hydrogen-bond donors (Lipinski definition) is 1. The van der Waals surface area contributed by atoms with Crippen molar-refractivity contribution in [2.24, 2.45) is 5.92 Å². The number of aryl methyl sites for hydroxylation is 1. The third-order valence-electron chi connectivity index (χ3n) is 4.08. The molecule has 0 saturated carbocycles. The summed E-state index contributed by atoms with van der Waals surface area (Å²) in [4.78, 5) is 0. The van der Waals surface area contributed by atoms with E-state index in [0.29, 0.717) is 12.0 Å². The third-order valence-corrected chi connectivity index (χ3v) is 4.08. The van der Waals surface area contributed by atoms with Crippen LogP contribution in [-0.2, 0) is 11.2 Å². The zero-order valence-corrected chi connectivity index (χ0v) is 12.2. The number of hydrogen-bond acceptors (Lipinski definition) is 3. The number of likely N-dealkylation sites (N-methyl/N-ethyl adjacent to an activating group) is 1. The van der Waals surface area contributed by atoms with Crippen LogP contribution in [0.1, 0.15) is 24.0 Å². The van der Waals surface area contributed by atoms with Crippen LogP contribution in [0.3, 0.4) is 0 Å². The summed E-state index contributed by atoms with van der Waals surface area (Å²) in [5.74, 6) is 1.70. The lowest BCUT2D eigenvalue weighted by atomic mass is 9.87. The molecule has 1 aliphatic rings. The summed E-state index contributed by atoms with van der Waals surface area (Å²) in [5.41, 5.74) is 2.59. The molecule has 1 aliphatic heterocycles. The maximum atomic E-state index is 5.48. The molecule has 0 spiro atoms. The average molecular weight is 263 g/mol. The number of benzene rings is 1. The maximum absolute atomic E-state index is 5.48. The first-order chi connectivity index (χ1) is 9.24. The summed E-state index contributed by atoms with van der Waals surface area (Å²) in [6, 6.07) is 6.91. The molecule has 1 aromatic carbocycles. The van der Waals surface area contributed by atoms with Gasteiger partial charge in [-0.15, -0.1) is 0 Å². The highest BCUT2D eigenvalue weighted by Gasteiger charge is 2.23. The Morgan fingerprint density at radius 1 is 1.37 bits per heavy atom. The first kappa shape index (κ1) is 14.4. The van der Waals surface area contributed by atoms with Crippen LogP contribution in [0.2, 0.25) is 0 Å². The van der Waals surface area contributed by atoms with Crippen LogP contribution >= 0.6 is 0 Å². The number of rotatable bonds is 5. The minimum absolute atomic E-state index is 0.500. The second-order valence-corrected chi connectivity index (χ2v) is 5.36. The van der Waals surface area contributed by atoms with Gasteiger partial charge >= 0.3 is 0 Å². The summed E-state index contributed by atoms with van der Waals surface area (Å²) in [5, 5.41) is 3.48. The van der Waals surface area contributed by atoms with Crippen molar-refractivity contribution in [3.63, 3.8) is 0 Å². The van der Waals surface area contributed by atoms with Gasteiger partial charge in [0.25, 0.3) is 0 Å². The number of methoxy groups -OCH3 is 1. The molecule has 1 fully saturated rings. The van der Waals surface area contributed by atoms with Gasteiger partial charge < -0.3 is 14.8 Å². The molecule has 2 rings (SSSR count). The molecule has 3 nitrogen and oxygen atoms in total. The molecule has 19 heavy (non-hydrogen) atoms. The molecule has 106 valence electrons. The molecule has 1 heterocycles. The van der Waals surface area contributed by atoms with Crippen molar-refractivity contribution in [1.29, 1.82) is 0 Å². The Labute approximate surface area is 116 Å². The normalized spacial score (nSPS) is 18.3. The predicted molar refractivity (Wildman–Crippen MR) is 77.8 cm³/mol. The Hall–Kier alpha value is -1.06. The molecule has 0 aromatic heterocycles. The van der Waals surface area contributed by atoms with Crippen LogP contribution in [0.4, 0.5) is 0 Å². The van der Waals surface area contributed by atoms with Gasteiger partial charge in [-0.3, -0.25) is 0 Å². The summed E-state index contributed by atoms with van der Waals surface area (Å²) in [6.07, 6.45) is 3.32. The minimum Gasteiger partial charge on any atom is -0.496 e. The van der Waals surface area contributed by atoms with Gasteiger partial charge in [-0.1, -0.05) is 17.7 Å². The third kappa shape index (κ3) is 3.71. The highest BCUT2D eigenvalue weighted by atomic mass is 16.5. The lowest BCUT2D eigenvalue weighted by Gasteiger charge is -2.30. The first-order valence-corrected chi connectivity index (χ1v) is 7.13. The fourth-order valence-corrected chi connectivity index (χ4v) is 2.93. The van der Waals surface area contributed by atoms with Crippen LogP contribution in [0.5, 0.6) is 5.75 Å². The van der Waals surface area contributed by atoms with Gasteiger partial charge in [0.15, 0.2) is 0 Å². The monoisotopic (exact) mass is 263 g/mol. The fraction of sp³-hybridized carbons (Fsp3) is 0.625. The van der Waals surface area contributed by atoms with E-state index in [2.05, 4.69) is 37.5 Å². The highest BCUT2D eigenvalue weighted by molar-refractivity contribution is 5.37. The molecular formula is C16H25NO2. The van der Waals surface area contributed by atoms with Crippen LogP contribution in [0, 0.1) is 12.8 Å². The Morgan fingerprint density at radius 3 is 2.74 bits per heavy atom. The molecule has 1 N–H and O–H groups in total. The van der Waals surface area contributed by atoms with Crippen molar-refractivity contribution in [1.82, 2.24) is 5.32 Å². The summed E-state index contributed by atoms with van der Waals surface area (Å²) in [6.45, 7) is 3.92. The molecule has 3 heteroatoms. The van der Waals surface area contributed by atoms with E-state index in [1.165, 1.54) is 11.1 Å². The van der Waals surface area contributed by atoms with E-state index >= 15 is 0 Å². The van der Waals surface area contributed by atoms with Gasteiger partial charge in [-0.2, -0.15) is 0 Å². The zero-order valence-electron chi connectivity index (χ0n) is 12.2. The van der Waals surface area contributed by atoms with Crippen LogP contribution in [0.25, 0.3) is 0 Å². The Morgan fingerprint density at radius 2 is 2.11 bits per heavy atom. The molecule has 0 radical (unpaired) electrons. The van der Waals surface area contributed by atoms with E-state index in [4.69, 9.17) is 9.47 Å². The van der Waals surface area contributed by atoms with Gasteiger partial charge in [-0.25, -0.2) is 0 Å². The van der Waals surface area contributed by atoms with Crippen molar-refractivity contribution < 1.29 is 9.47 Å². The summed E-state index contributed by atoms with van der Waals surface area (Å²) in [7, 11) is 3.80. The zero-order chi connectivity index (χ0) is 13.7. The number of nitrogens with one attached hydrogen (secondary N) is 1. The lowest BCUT2D eigenvalue weighted by Crippen LogP contribution is -2.38. The molecular weight excluding hydrogens is 238 g/mol. The SMILES string of the molecule is CNC(Cc1cc(C)ccc1OC)C1CCOCC1. The molecule has 0 amide bonds. The fourth-order valence-electron chi connectivity index (χ4n) is 2.93. The van der Waals surface area contributed by atoms with Crippen molar-refractivity contribution in [2.45, 2.75) is 32.2 Å². The average Bonchev–Trinajstić information content (AvgIpc) is 2.46. The molecule has 0 aliphatic carbocycles. The molecule has 1 unspecified atom stereocenters. The maximum Gasteiger partial charge on any atom is 0.122 e. The van der Waals surface area contributed by atoms with E-state index in [1.54, 1.807) is 7.11 Å². The topological polar surface area (TPSA) is 30.5 Å². The van der Waals surface area contributed by atoms with E-state index in [9.17, 15) is 0 Å². The van der Waals surface area contributed by atoms with Crippen molar-refractivity contribution in [2.75, 3.05) is 27.4 Å². The number of ether oxygens (including phenoxy) is 2. The lowest BCUT2D eigenvalue weighted by molar-refractivity contribution is 0.0547. The smallest absolute Gasteiger partial charge is 0.122 e. The van der Waals surface area contributed by atoms with Crippen LogP contribution in [0.15, 0.2) is 18.2 Å². The van der Waals surface area contributed by atoms with Crippen molar-refractivity contribution >= 4 is 0 Å². The van der Waals surface area contributed by atoms with Gasteiger partial charge in [0.2, 0.25) is 0 Å². The molecule has 1 aromatic rings. The predicted octanol–water partition coefficient (Wildman–Crippen LogP) is 2.56. The van der Waals surface area contributed by atoms with E-state index < -0.39 is 0 Å². The minimum atomic E-state index is 0.500. The Bertz CT molecular complexity index is 400. The largest absolute Gasteiger partial charge is 0.496 e. The molecule has 1 atom stereocenters. The Balaban J connectivity index is 2.10. The van der Waals surface area contributed by atoms with E-state index in [1.807, 2.05) is 0 Å². The van der Waals surface area contributed by atoms with Gasteiger partial charge in [0.05, 0.1) is 7.11 Å². The van der Waals surface area contributed by atoms with Crippen LogP contribution < -0.4 is 10.1 Å². The van der Waals surface area contributed by atoms with E-state index in [0.717, 1.165) is 38.2 Å². The quantitative estimate of drug-likeness (QED) is 0.885. The second kappa shape index (κ2) is 6.92. The first-order valence-electron chi connectivity index (χ1n) is 7.13. The van der Waals surface area contributed by atoms with Gasteiger partial charge in [-0.05, 0) is 50.8 Å². The van der Waals surface area contributed by atoms with Crippen LogP contribution in [-0.4, -0.2) is 33.4 Å². The summed E-state index contributed by atoms with van der Waals surface area (Å²) < 4.78 is 10.9. The standard InChI is InChI=1S/C16H25NO2/c1-12-4-5-16(18-3)14(10-12)11-15(17-2)13-6-8-19-9-7-13/h4-5,10,13,15,17H,6-9,11H2,1-3H3. The second-order valence-electron chi connectivity index (χ2n) is 5.36. The van der Waals surface area contributed by atoms with E-state index in [-0.39, 0.29) is 0 Å². The van der Waals surface area contributed by atoms with Gasteiger partial charge in [0.1, 0.15) is 5.75 Å². The Kier molecular flexibility index (Phi) is 5.23. The molecule has 0 bridgehead atoms. The summed E-state index contributed by atoms with van der Waals surface area (Å²) >= 11 is 0. The highest BCUT2D eigenvalue weighted by Crippen LogP contribution is 2.26. The van der Waals surface area contributed by atoms with Crippen molar-refractivity contribution in [3.8, 4) is 5.75 Å².